The van der Waals surface area contributed by atoms with E-state index in [4.69, 9.17) is 0 Å². The van der Waals surface area contributed by atoms with Crippen molar-refractivity contribution >= 4 is 5.91 Å². The summed E-state index contributed by atoms with van der Waals surface area (Å²) in [4.78, 5) is 32.6. The van der Waals surface area contributed by atoms with Crippen LogP contribution in [-0.4, -0.2) is 33.9 Å². The number of rotatable bonds is 2. The third kappa shape index (κ3) is 3.18. The molecule has 1 aliphatic heterocycles. The molecule has 3 rings (SSSR count). The van der Waals surface area contributed by atoms with Crippen LogP contribution in [0.1, 0.15) is 17.0 Å². The van der Waals surface area contributed by atoms with E-state index in [1.807, 2.05) is 29.2 Å². The molecule has 5 heteroatoms. The Bertz CT molecular complexity index is 694. The second-order valence-electron chi connectivity index (χ2n) is 5.21. The van der Waals surface area contributed by atoms with Crippen LogP contribution >= 0.6 is 0 Å². The van der Waals surface area contributed by atoms with E-state index < -0.39 is 0 Å². The maximum atomic E-state index is 12.4. The molecule has 3 heterocycles. The van der Waals surface area contributed by atoms with Gasteiger partial charge in [-0.2, -0.15) is 0 Å². The molecule has 5 nitrogen and oxygen atoms in total. The summed E-state index contributed by atoms with van der Waals surface area (Å²) < 4.78 is 0. The van der Waals surface area contributed by atoms with Crippen LogP contribution in [0.15, 0.2) is 41.3 Å². The van der Waals surface area contributed by atoms with E-state index in [1.54, 1.807) is 12.3 Å². The van der Waals surface area contributed by atoms with Crippen molar-refractivity contribution in [1.29, 1.82) is 0 Å². The van der Waals surface area contributed by atoms with Crippen molar-refractivity contribution in [2.45, 2.75) is 19.3 Å². The van der Waals surface area contributed by atoms with Crippen LogP contribution < -0.4 is 5.56 Å². The molecule has 0 saturated heterocycles. The first kappa shape index (κ1) is 13.5. The molecule has 0 unspecified atom stereocenters. The number of H-pyrrole nitrogens is 1. The third-order valence-corrected chi connectivity index (χ3v) is 3.79. The first-order chi connectivity index (χ1) is 10.2. The number of nitrogens with one attached hydrogen (secondary N) is 1. The molecule has 0 atom stereocenters. The molecule has 21 heavy (non-hydrogen) atoms. The zero-order valence-electron chi connectivity index (χ0n) is 11.7. The number of fused-ring (bicyclic) bond motifs is 1. The smallest absolute Gasteiger partial charge is 0.248 e. The molecular weight excluding hydrogens is 266 g/mol. The van der Waals surface area contributed by atoms with Gasteiger partial charge in [0, 0.05) is 43.2 Å². The molecule has 0 bridgehead atoms. The van der Waals surface area contributed by atoms with Gasteiger partial charge >= 0.3 is 0 Å². The highest BCUT2D eigenvalue weighted by Crippen LogP contribution is 2.13. The predicted octanol–water partition coefficient (Wildman–Crippen LogP) is 0.940. The fraction of sp³-hybridized carbons (Fsp3) is 0.312. The number of nitrogens with zero attached hydrogens (tertiary/aromatic N) is 2. The standard InChI is InChI=1S/C16H17N3O2/c20-15-5-4-12-6-9-19(10-7-14(12)18-15)16(21)11-13-3-1-2-8-17-13/h1-5,8H,6-7,9-11H2,(H,18,20). The van der Waals surface area contributed by atoms with Gasteiger partial charge < -0.3 is 9.88 Å². The highest BCUT2D eigenvalue weighted by molar-refractivity contribution is 5.78. The molecule has 0 saturated carbocycles. The monoisotopic (exact) mass is 283 g/mol. The number of carbonyl (C=O) groups is 1. The predicted molar refractivity (Wildman–Crippen MR) is 79.0 cm³/mol. The van der Waals surface area contributed by atoms with Gasteiger partial charge in [-0.25, -0.2) is 0 Å². The van der Waals surface area contributed by atoms with Crippen LogP contribution in [0, 0.1) is 0 Å². The number of hydrogen-bond acceptors (Lipinski definition) is 3. The van der Waals surface area contributed by atoms with E-state index in [-0.39, 0.29) is 11.5 Å². The highest BCUT2D eigenvalue weighted by Gasteiger charge is 2.19. The van der Waals surface area contributed by atoms with E-state index in [1.165, 1.54) is 0 Å². The van der Waals surface area contributed by atoms with Gasteiger partial charge in [0.05, 0.1) is 6.42 Å². The van der Waals surface area contributed by atoms with Gasteiger partial charge in [-0.15, -0.1) is 0 Å². The molecular formula is C16H17N3O2. The van der Waals surface area contributed by atoms with Crippen molar-refractivity contribution in [2.24, 2.45) is 0 Å². The van der Waals surface area contributed by atoms with Crippen LogP contribution in [0.5, 0.6) is 0 Å². The zero-order valence-corrected chi connectivity index (χ0v) is 11.7. The minimum absolute atomic E-state index is 0.0815. The van der Waals surface area contributed by atoms with Crippen molar-refractivity contribution in [3.05, 3.63) is 63.8 Å². The summed E-state index contributed by atoms with van der Waals surface area (Å²) in [5.41, 5.74) is 2.79. The zero-order chi connectivity index (χ0) is 14.7. The van der Waals surface area contributed by atoms with E-state index >= 15 is 0 Å². The average Bonchev–Trinajstić information content (AvgIpc) is 2.70. The summed E-state index contributed by atoms with van der Waals surface area (Å²) in [6.45, 7) is 1.32. The van der Waals surface area contributed by atoms with Crippen LogP contribution in [0.2, 0.25) is 0 Å². The Labute approximate surface area is 122 Å². The largest absolute Gasteiger partial charge is 0.342 e. The molecule has 0 radical (unpaired) electrons. The fourth-order valence-electron chi connectivity index (χ4n) is 2.64. The van der Waals surface area contributed by atoms with Crippen LogP contribution in [0.4, 0.5) is 0 Å². The van der Waals surface area contributed by atoms with Crippen molar-refractivity contribution in [2.75, 3.05) is 13.1 Å². The molecule has 2 aromatic heterocycles. The van der Waals surface area contributed by atoms with Crippen molar-refractivity contribution in [3.8, 4) is 0 Å². The fourth-order valence-corrected chi connectivity index (χ4v) is 2.64. The average molecular weight is 283 g/mol. The molecule has 1 N–H and O–H groups in total. The second kappa shape index (κ2) is 5.91. The topological polar surface area (TPSA) is 66.1 Å². The number of aromatic nitrogens is 2. The summed E-state index contributed by atoms with van der Waals surface area (Å²) in [6.07, 6.45) is 3.50. The summed E-state index contributed by atoms with van der Waals surface area (Å²) in [5.74, 6) is 0.0869. The molecule has 108 valence electrons. The number of aromatic amines is 1. The maximum absolute atomic E-state index is 12.4. The van der Waals surface area contributed by atoms with E-state index in [9.17, 15) is 9.59 Å². The Morgan fingerprint density at radius 3 is 2.86 bits per heavy atom. The lowest BCUT2D eigenvalue weighted by Gasteiger charge is -2.19. The Morgan fingerprint density at radius 1 is 1.19 bits per heavy atom. The first-order valence-electron chi connectivity index (χ1n) is 7.11. The van der Waals surface area contributed by atoms with Gasteiger partial charge in [0.25, 0.3) is 0 Å². The molecule has 0 spiro atoms. The van der Waals surface area contributed by atoms with Crippen molar-refractivity contribution < 1.29 is 4.79 Å². The Kier molecular flexibility index (Phi) is 3.81. The molecule has 2 aromatic rings. The van der Waals surface area contributed by atoms with Gasteiger partial charge in [-0.1, -0.05) is 12.1 Å². The highest BCUT2D eigenvalue weighted by atomic mass is 16.2. The van der Waals surface area contributed by atoms with E-state index in [0.717, 1.165) is 23.4 Å². The minimum atomic E-state index is -0.0815. The quantitative estimate of drug-likeness (QED) is 0.892. The molecule has 0 aromatic carbocycles. The maximum Gasteiger partial charge on any atom is 0.248 e. The summed E-state index contributed by atoms with van der Waals surface area (Å²) in [7, 11) is 0. The molecule has 1 aliphatic rings. The summed E-state index contributed by atoms with van der Waals surface area (Å²) >= 11 is 0. The Hall–Kier alpha value is -2.43. The Morgan fingerprint density at radius 2 is 2.05 bits per heavy atom. The summed E-state index contributed by atoms with van der Waals surface area (Å²) in [5, 5.41) is 0. The van der Waals surface area contributed by atoms with Crippen molar-refractivity contribution in [3.63, 3.8) is 0 Å². The number of carbonyl (C=O) groups excluding carboxylic acids is 1. The lowest BCUT2D eigenvalue weighted by molar-refractivity contribution is -0.130. The number of pyridine rings is 2. The van der Waals surface area contributed by atoms with Gasteiger partial charge in [0.1, 0.15) is 0 Å². The molecule has 1 amide bonds. The minimum Gasteiger partial charge on any atom is -0.342 e. The van der Waals surface area contributed by atoms with Crippen LogP contribution in [-0.2, 0) is 24.1 Å². The van der Waals surface area contributed by atoms with Gasteiger partial charge in [0.15, 0.2) is 0 Å². The molecule has 0 fully saturated rings. The first-order valence-corrected chi connectivity index (χ1v) is 7.11. The lowest BCUT2D eigenvalue weighted by Crippen LogP contribution is -2.34. The SMILES string of the molecule is O=C(Cc1ccccn1)N1CCc2ccc(=O)[nH]c2CC1. The van der Waals surface area contributed by atoms with Gasteiger partial charge in [-0.05, 0) is 24.1 Å². The number of amides is 1. The third-order valence-electron chi connectivity index (χ3n) is 3.79. The van der Waals surface area contributed by atoms with Crippen LogP contribution in [0.3, 0.4) is 0 Å². The normalized spacial score (nSPS) is 14.4. The van der Waals surface area contributed by atoms with Crippen molar-refractivity contribution in [1.82, 2.24) is 14.9 Å². The Balaban J connectivity index is 1.69. The van der Waals surface area contributed by atoms with Crippen LogP contribution in [0.25, 0.3) is 0 Å². The van der Waals surface area contributed by atoms with Gasteiger partial charge in [-0.3, -0.25) is 14.6 Å². The molecule has 0 aliphatic carbocycles. The van der Waals surface area contributed by atoms with E-state index in [0.29, 0.717) is 25.9 Å². The number of hydrogen-bond donors (Lipinski definition) is 1. The summed E-state index contributed by atoms with van der Waals surface area (Å²) in [6, 6.07) is 9.00. The van der Waals surface area contributed by atoms with E-state index in [2.05, 4.69) is 9.97 Å². The second-order valence-corrected chi connectivity index (χ2v) is 5.21. The lowest BCUT2D eigenvalue weighted by atomic mass is 10.1. The van der Waals surface area contributed by atoms with Gasteiger partial charge in [0.2, 0.25) is 11.5 Å².